The van der Waals surface area contributed by atoms with Gasteiger partial charge in [0.15, 0.2) is 6.10 Å². The Morgan fingerprint density at radius 2 is 1.60 bits per heavy atom. The Balaban J connectivity index is 1.48. The van der Waals surface area contributed by atoms with E-state index in [1.165, 1.54) is 35.5 Å². The number of benzene rings is 3. The number of para-hydroxylation sites is 2. The van der Waals surface area contributed by atoms with Gasteiger partial charge in [-0.3, -0.25) is 13.8 Å². The highest BCUT2D eigenvalue weighted by atomic mass is 79.9. The Morgan fingerprint density at radius 3 is 2.26 bits per heavy atom. The van der Waals surface area contributed by atoms with E-state index in [4.69, 9.17) is 4.74 Å². The number of fused-ring (bicyclic) bond motifs is 1. The van der Waals surface area contributed by atoms with Crippen molar-refractivity contribution in [2.75, 3.05) is 26.6 Å². The van der Waals surface area contributed by atoms with Crippen LogP contribution in [0, 0.1) is 0 Å². The molecule has 2 N–H and O–H groups in total. The van der Waals surface area contributed by atoms with E-state index in [2.05, 4.69) is 26.0 Å². The summed E-state index contributed by atoms with van der Waals surface area (Å²) in [6.07, 6.45) is -1.09. The van der Waals surface area contributed by atoms with Gasteiger partial charge in [0, 0.05) is 15.8 Å². The molecule has 1 amide bonds. The van der Waals surface area contributed by atoms with E-state index in [9.17, 15) is 21.6 Å². The number of hydrogen-bond acceptors (Lipinski definition) is 6. The van der Waals surface area contributed by atoms with Crippen molar-refractivity contribution >= 4 is 58.9 Å². The quantitative estimate of drug-likeness (QED) is 0.439. The third-order valence-corrected chi connectivity index (χ3v) is 8.93. The Hall–Kier alpha value is -3.09. The molecule has 0 bridgehead atoms. The standard InChI is InChI=1S/C23H22BrN3O6S2/c1-2-34(29,30)27-15-22(33-21-6-4-3-5-20(21)27)23(28)25-17-11-13-19(14-12-17)35(31,32)26-18-9-7-16(24)8-10-18/h3-14,22,26H,2,15H2,1H3,(H,25,28). The van der Waals surface area contributed by atoms with Gasteiger partial charge in [-0.25, -0.2) is 16.8 Å². The van der Waals surface area contributed by atoms with Crippen LogP contribution in [-0.2, 0) is 24.8 Å². The number of carbonyl (C=O) groups excluding carboxylic acids is 1. The molecule has 0 saturated carbocycles. The Labute approximate surface area is 212 Å². The summed E-state index contributed by atoms with van der Waals surface area (Å²) in [6.45, 7) is 1.35. The Morgan fingerprint density at radius 1 is 0.971 bits per heavy atom. The van der Waals surface area contributed by atoms with Gasteiger partial charge in [-0.1, -0.05) is 28.1 Å². The summed E-state index contributed by atoms with van der Waals surface area (Å²) in [5.41, 5.74) is 1.13. The fraction of sp³-hybridized carbons (Fsp3) is 0.174. The van der Waals surface area contributed by atoms with Crippen LogP contribution in [0.25, 0.3) is 0 Å². The first-order valence-corrected chi connectivity index (χ1v) is 14.4. The number of hydrogen-bond donors (Lipinski definition) is 2. The number of carbonyl (C=O) groups is 1. The van der Waals surface area contributed by atoms with Crippen LogP contribution in [0.4, 0.5) is 17.1 Å². The monoisotopic (exact) mass is 579 g/mol. The zero-order chi connectivity index (χ0) is 25.2. The summed E-state index contributed by atoms with van der Waals surface area (Å²) in [5, 5.41) is 2.66. The van der Waals surface area contributed by atoms with Gasteiger partial charge >= 0.3 is 0 Å². The smallest absolute Gasteiger partial charge is 0.267 e. The van der Waals surface area contributed by atoms with Crippen molar-refractivity contribution in [3.63, 3.8) is 0 Å². The van der Waals surface area contributed by atoms with Crippen molar-refractivity contribution in [1.82, 2.24) is 0 Å². The molecule has 3 aromatic carbocycles. The number of ether oxygens (including phenoxy) is 1. The SMILES string of the molecule is CCS(=O)(=O)N1CC(C(=O)Nc2ccc(S(=O)(=O)Nc3ccc(Br)cc3)cc2)Oc2ccccc21. The molecule has 1 unspecified atom stereocenters. The molecule has 3 aromatic rings. The largest absolute Gasteiger partial charge is 0.476 e. The lowest BCUT2D eigenvalue weighted by Crippen LogP contribution is -2.49. The molecule has 1 aliphatic rings. The van der Waals surface area contributed by atoms with Gasteiger partial charge in [-0.15, -0.1) is 0 Å². The van der Waals surface area contributed by atoms with Crippen molar-refractivity contribution in [3.8, 4) is 5.75 Å². The molecule has 0 aliphatic carbocycles. The maximum absolute atomic E-state index is 12.9. The number of rotatable bonds is 7. The van der Waals surface area contributed by atoms with Crippen molar-refractivity contribution in [3.05, 3.63) is 77.3 Å². The second kappa shape index (κ2) is 9.88. The molecule has 184 valence electrons. The molecular weight excluding hydrogens is 558 g/mol. The number of sulfonamides is 2. The van der Waals surface area contributed by atoms with Gasteiger partial charge in [0.2, 0.25) is 10.0 Å². The van der Waals surface area contributed by atoms with E-state index in [0.29, 0.717) is 17.1 Å². The summed E-state index contributed by atoms with van der Waals surface area (Å²) in [7, 11) is -7.46. The maximum atomic E-state index is 12.9. The molecule has 35 heavy (non-hydrogen) atoms. The van der Waals surface area contributed by atoms with Crippen molar-refractivity contribution in [2.24, 2.45) is 0 Å². The number of halogens is 1. The Kier molecular flexibility index (Phi) is 7.06. The summed E-state index contributed by atoms with van der Waals surface area (Å²) < 4.78 is 60.7. The fourth-order valence-corrected chi connectivity index (χ4v) is 5.88. The molecule has 0 spiro atoms. The van der Waals surface area contributed by atoms with Gasteiger partial charge in [-0.05, 0) is 67.6 Å². The number of anilines is 3. The highest BCUT2D eigenvalue weighted by Gasteiger charge is 2.36. The van der Waals surface area contributed by atoms with E-state index in [0.717, 1.165) is 4.47 Å². The predicted octanol–water partition coefficient (Wildman–Crippen LogP) is 3.81. The molecule has 1 heterocycles. The van der Waals surface area contributed by atoms with E-state index < -0.39 is 32.1 Å². The second-order valence-electron chi connectivity index (χ2n) is 7.63. The third kappa shape index (κ3) is 5.60. The average molecular weight is 580 g/mol. The van der Waals surface area contributed by atoms with Crippen molar-refractivity contribution in [1.29, 1.82) is 0 Å². The molecule has 0 saturated heterocycles. The van der Waals surface area contributed by atoms with Crippen molar-refractivity contribution in [2.45, 2.75) is 17.9 Å². The summed E-state index contributed by atoms with van der Waals surface area (Å²) in [4.78, 5) is 12.9. The normalized spacial score (nSPS) is 15.6. The fourth-order valence-electron chi connectivity index (χ4n) is 3.43. The maximum Gasteiger partial charge on any atom is 0.267 e. The third-order valence-electron chi connectivity index (χ3n) is 5.26. The summed E-state index contributed by atoms with van der Waals surface area (Å²) in [5.74, 6) is -0.393. The van der Waals surface area contributed by atoms with Crippen LogP contribution in [0.2, 0.25) is 0 Å². The van der Waals surface area contributed by atoms with E-state index in [-0.39, 0.29) is 22.9 Å². The molecule has 4 rings (SSSR count). The minimum atomic E-state index is -3.83. The van der Waals surface area contributed by atoms with Crippen LogP contribution < -0.4 is 19.1 Å². The highest BCUT2D eigenvalue weighted by molar-refractivity contribution is 9.10. The number of nitrogens with zero attached hydrogens (tertiary/aromatic N) is 1. The minimum Gasteiger partial charge on any atom is -0.476 e. The number of amides is 1. The Bertz CT molecular complexity index is 1440. The summed E-state index contributed by atoms with van der Waals surface area (Å²) >= 11 is 3.30. The molecule has 0 fully saturated rings. The topological polar surface area (TPSA) is 122 Å². The average Bonchev–Trinajstić information content (AvgIpc) is 2.85. The van der Waals surface area contributed by atoms with Gasteiger partial charge < -0.3 is 10.1 Å². The lowest BCUT2D eigenvalue weighted by atomic mass is 10.2. The van der Waals surface area contributed by atoms with Gasteiger partial charge in [0.25, 0.3) is 15.9 Å². The first-order valence-electron chi connectivity index (χ1n) is 10.5. The van der Waals surface area contributed by atoms with Crippen LogP contribution in [0.5, 0.6) is 5.75 Å². The van der Waals surface area contributed by atoms with Gasteiger partial charge in [0.1, 0.15) is 5.75 Å². The van der Waals surface area contributed by atoms with Crippen LogP contribution in [0.1, 0.15) is 6.92 Å². The molecule has 9 nitrogen and oxygen atoms in total. The van der Waals surface area contributed by atoms with Gasteiger partial charge in [-0.2, -0.15) is 0 Å². The van der Waals surface area contributed by atoms with Gasteiger partial charge in [0.05, 0.1) is 22.9 Å². The van der Waals surface area contributed by atoms with Crippen LogP contribution in [0.15, 0.2) is 82.2 Å². The first kappa shape index (κ1) is 25.0. The van der Waals surface area contributed by atoms with E-state index >= 15 is 0 Å². The molecule has 0 aromatic heterocycles. The summed E-state index contributed by atoms with van der Waals surface area (Å²) in [6, 6.07) is 18.9. The predicted molar refractivity (Wildman–Crippen MR) is 138 cm³/mol. The second-order valence-corrected chi connectivity index (χ2v) is 12.4. The van der Waals surface area contributed by atoms with Crippen molar-refractivity contribution < 1.29 is 26.4 Å². The lowest BCUT2D eigenvalue weighted by Gasteiger charge is -2.34. The molecule has 0 radical (unpaired) electrons. The first-order chi connectivity index (χ1) is 16.6. The zero-order valence-corrected chi connectivity index (χ0v) is 21.7. The minimum absolute atomic E-state index is 0.0153. The highest BCUT2D eigenvalue weighted by Crippen LogP contribution is 2.35. The zero-order valence-electron chi connectivity index (χ0n) is 18.5. The van der Waals surface area contributed by atoms with E-state index in [1.54, 1.807) is 48.5 Å². The van der Waals surface area contributed by atoms with E-state index in [1.807, 2.05) is 0 Å². The molecule has 12 heteroatoms. The van der Waals surface area contributed by atoms with Crippen LogP contribution in [-0.4, -0.2) is 41.1 Å². The molecule has 1 aliphatic heterocycles. The van der Waals surface area contributed by atoms with Crippen LogP contribution in [0.3, 0.4) is 0 Å². The molecule has 1 atom stereocenters. The lowest BCUT2D eigenvalue weighted by molar-refractivity contribution is -0.122. The number of nitrogens with one attached hydrogen (secondary N) is 2. The molecular formula is C23H22BrN3O6S2. The van der Waals surface area contributed by atoms with Crippen LogP contribution >= 0.6 is 15.9 Å².